The molecule has 1 amide bonds. The fourth-order valence-corrected chi connectivity index (χ4v) is 3.15. The van der Waals surface area contributed by atoms with E-state index in [9.17, 15) is 4.79 Å². The van der Waals surface area contributed by atoms with Crippen molar-refractivity contribution in [1.29, 1.82) is 0 Å². The molecule has 1 aromatic carbocycles. The molecule has 1 heterocycles. The zero-order valence-electron chi connectivity index (χ0n) is 14.6. The van der Waals surface area contributed by atoms with Crippen LogP contribution in [0.2, 0.25) is 5.02 Å². The standard InChI is InChI=1S/C19H23ClN2O2S/c1-4-8-22(19(23)9-14(2)3)11-16-13-25-18(21-16)12-24-17-7-5-6-15(20)10-17/h4-7,10,13-14H,1,8-9,11-12H2,2-3H3. The second kappa shape index (κ2) is 9.59. The Morgan fingerprint density at radius 3 is 2.96 bits per heavy atom. The maximum Gasteiger partial charge on any atom is 0.223 e. The van der Waals surface area contributed by atoms with Crippen LogP contribution in [0.15, 0.2) is 42.3 Å². The molecule has 25 heavy (non-hydrogen) atoms. The molecule has 6 heteroatoms. The number of nitrogens with zero attached hydrogens (tertiary/aromatic N) is 2. The van der Waals surface area contributed by atoms with Crippen molar-refractivity contribution in [2.24, 2.45) is 5.92 Å². The Morgan fingerprint density at radius 1 is 1.48 bits per heavy atom. The Hall–Kier alpha value is -1.85. The number of aromatic nitrogens is 1. The van der Waals surface area contributed by atoms with Crippen LogP contribution in [0.1, 0.15) is 31.0 Å². The van der Waals surface area contributed by atoms with Crippen LogP contribution >= 0.6 is 22.9 Å². The average Bonchev–Trinajstić information content (AvgIpc) is 2.99. The summed E-state index contributed by atoms with van der Waals surface area (Å²) in [6, 6.07) is 7.28. The highest BCUT2D eigenvalue weighted by molar-refractivity contribution is 7.09. The largest absolute Gasteiger partial charge is 0.486 e. The van der Waals surface area contributed by atoms with E-state index in [0.717, 1.165) is 10.7 Å². The van der Waals surface area contributed by atoms with Gasteiger partial charge in [-0.05, 0) is 24.1 Å². The normalized spacial score (nSPS) is 10.7. The number of hydrogen-bond donors (Lipinski definition) is 0. The van der Waals surface area contributed by atoms with Gasteiger partial charge in [-0.3, -0.25) is 4.79 Å². The summed E-state index contributed by atoms with van der Waals surface area (Å²) in [6.45, 7) is 9.21. The number of carbonyl (C=O) groups excluding carboxylic acids is 1. The average molecular weight is 379 g/mol. The predicted octanol–water partition coefficient (Wildman–Crippen LogP) is 4.94. The smallest absolute Gasteiger partial charge is 0.223 e. The van der Waals surface area contributed by atoms with Crippen LogP contribution in [-0.2, 0) is 17.9 Å². The summed E-state index contributed by atoms with van der Waals surface area (Å²) in [4.78, 5) is 18.7. The molecule has 134 valence electrons. The molecule has 0 unspecified atom stereocenters. The summed E-state index contributed by atoms with van der Waals surface area (Å²) < 4.78 is 5.71. The van der Waals surface area contributed by atoms with E-state index in [1.807, 2.05) is 31.4 Å². The predicted molar refractivity (Wildman–Crippen MR) is 103 cm³/mol. The van der Waals surface area contributed by atoms with E-state index in [0.29, 0.717) is 42.8 Å². The van der Waals surface area contributed by atoms with E-state index in [4.69, 9.17) is 16.3 Å². The van der Waals surface area contributed by atoms with Gasteiger partial charge in [0.15, 0.2) is 0 Å². The summed E-state index contributed by atoms with van der Waals surface area (Å²) in [5.41, 5.74) is 0.869. The first kappa shape index (κ1) is 19.5. The zero-order valence-corrected chi connectivity index (χ0v) is 16.1. The zero-order chi connectivity index (χ0) is 18.2. The lowest BCUT2D eigenvalue weighted by molar-refractivity contribution is -0.132. The summed E-state index contributed by atoms with van der Waals surface area (Å²) in [5.74, 6) is 1.17. The Bertz CT molecular complexity index is 715. The SMILES string of the molecule is C=CCN(Cc1csc(COc2cccc(Cl)c2)n1)C(=O)CC(C)C. The van der Waals surface area contributed by atoms with Gasteiger partial charge in [-0.2, -0.15) is 0 Å². The molecule has 1 aromatic heterocycles. The van der Waals surface area contributed by atoms with E-state index in [-0.39, 0.29) is 5.91 Å². The number of halogens is 1. The topological polar surface area (TPSA) is 42.4 Å². The van der Waals surface area contributed by atoms with Crippen LogP contribution in [0.4, 0.5) is 0 Å². The van der Waals surface area contributed by atoms with Gasteiger partial charge in [-0.1, -0.05) is 37.6 Å². The van der Waals surface area contributed by atoms with Gasteiger partial charge >= 0.3 is 0 Å². The van der Waals surface area contributed by atoms with E-state index < -0.39 is 0 Å². The number of amides is 1. The third-order valence-electron chi connectivity index (χ3n) is 3.40. The van der Waals surface area contributed by atoms with Crippen LogP contribution in [0, 0.1) is 5.92 Å². The first-order chi connectivity index (χ1) is 12.0. The van der Waals surface area contributed by atoms with Crippen molar-refractivity contribution in [2.45, 2.75) is 33.4 Å². The van der Waals surface area contributed by atoms with Crippen molar-refractivity contribution in [3.63, 3.8) is 0 Å². The molecule has 0 radical (unpaired) electrons. The second-order valence-corrected chi connectivity index (χ2v) is 7.52. The maximum atomic E-state index is 12.3. The van der Waals surface area contributed by atoms with Gasteiger partial charge in [0.2, 0.25) is 5.91 Å². The third kappa shape index (κ3) is 6.52. The van der Waals surface area contributed by atoms with Crippen molar-refractivity contribution < 1.29 is 9.53 Å². The fraction of sp³-hybridized carbons (Fsp3) is 0.368. The van der Waals surface area contributed by atoms with E-state index in [1.54, 1.807) is 23.1 Å². The highest BCUT2D eigenvalue weighted by Gasteiger charge is 2.15. The summed E-state index contributed by atoms with van der Waals surface area (Å²) >= 11 is 7.47. The van der Waals surface area contributed by atoms with Gasteiger partial charge in [0.25, 0.3) is 0 Å². The lowest BCUT2D eigenvalue weighted by Gasteiger charge is -2.21. The minimum absolute atomic E-state index is 0.125. The molecule has 0 saturated carbocycles. The number of carbonyl (C=O) groups is 1. The lowest BCUT2D eigenvalue weighted by atomic mass is 10.1. The van der Waals surface area contributed by atoms with E-state index in [1.165, 1.54) is 11.3 Å². The molecule has 0 fully saturated rings. The van der Waals surface area contributed by atoms with Crippen molar-refractivity contribution >= 4 is 28.8 Å². The highest BCUT2D eigenvalue weighted by Crippen LogP contribution is 2.20. The van der Waals surface area contributed by atoms with Gasteiger partial charge in [0, 0.05) is 23.4 Å². The molecule has 2 aromatic rings. The van der Waals surface area contributed by atoms with E-state index in [2.05, 4.69) is 11.6 Å². The van der Waals surface area contributed by atoms with Crippen LogP contribution in [0.25, 0.3) is 0 Å². The van der Waals surface area contributed by atoms with Gasteiger partial charge in [-0.15, -0.1) is 17.9 Å². The molecular formula is C19H23ClN2O2S. The minimum atomic E-state index is 0.125. The fourth-order valence-electron chi connectivity index (χ4n) is 2.27. The molecular weight excluding hydrogens is 356 g/mol. The Labute approximate surface area is 158 Å². The first-order valence-electron chi connectivity index (χ1n) is 8.18. The van der Waals surface area contributed by atoms with Crippen LogP contribution in [-0.4, -0.2) is 22.3 Å². The molecule has 0 spiro atoms. The molecule has 0 N–H and O–H groups in total. The van der Waals surface area contributed by atoms with E-state index >= 15 is 0 Å². The number of rotatable bonds is 9. The number of hydrogen-bond acceptors (Lipinski definition) is 4. The molecule has 0 aliphatic heterocycles. The molecule has 0 aliphatic rings. The molecule has 0 saturated heterocycles. The quantitative estimate of drug-likeness (QED) is 0.580. The second-order valence-electron chi connectivity index (χ2n) is 6.14. The Balaban J connectivity index is 1.94. The minimum Gasteiger partial charge on any atom is -0.486 e. The molecule has 0 atom stereocenters. The van der Waals surface area contributed by atoms with Gasteiger partial charge in [0.1, 0.15) is 17.4 Å². The third-order valence-corrected chi connectivity index (χ3v) is 4.50. The van der Waals surface area contributed by atoms with Crippen LogP contribution in [0.3, 0.4) is 0 Å². The number of ether oxygens (including phenoxy) is 1. The Morgan fingerprint density at radius 2 is 2.28 bits per heavy atom. The molecule has 4 nitrogen and oxygen atoms in total. The summed E-state index contributed by atoms with van der Waals surface area (Å²) in [7, 11) is 0. The highest BCUT2D eigenvalue weighted by atomic mass is 35.5. The molecule has 2 rings (SSSR count). The molecule has 0 aliphatic carbocycles. The summed E-state index contributed by atoms with van der Waals surface area (Å²) in [6.07, 6.45) is 2.27. The van der Waals surface area contributed by atoms with Crippen LogP contribution < -0.4 is 4.74 Å². The summed E-state index contributed by atoms with van der Waals surface area (Å²) in [5, 5.41) is 3.47. The van der Waals surface area contributed by atoms with Crippen molar-refractivity contribution in [1.82, 2.24) is 9.88 Å². The monoisotopic (exact) mass is 378 g/mol. The molecule has 0 bridgehead atoms. The maximum absolute atomic E-state index is 12.3. The first-order valence-corrected chi connectivity index (χ1v) is 9.44. The van der Waals surface area contributed by atoms with Crippen molar-refractivity contribution in [3.05, 3.63) is 58.0 Å². The van der Waals surface area contributed by atoms with Gasteiger partial charge in [-0.25, -0.2) is 4.98 Å². The lowest BCUT2D eigenvalue weighted by Crippen LogP contribution is -2.31. The van der Waals surface area contributed by atoms with Crippen molar-refractivity contribution in [2.75, 3.05) is 6.54 Å². The van der Waals surface area contributed by atoms with Gasteiger partial charge in [0.05, 0.1) is 12.2 Å². The Kier molecular flexibility index (Phi) is 7.47. The number of benzene rings is 1. The van der Waals surface area contributed by atoms with Gasteiger partial charge < -0.3 is 9.64 Å². The number of thiazole rings is 1. The van der Waals surface area contributed by atoms with Crippen LogP contribution in [0.5, 0.6) is 5.75 Å². The van der Waals surface area contributed by atoms with Crippen molar-refractivity contribution in [3.8, 4) is 5.75 Å².